The van der Waals surface area contributed by atoms with E-state index in [0.717, 1.165) is 24.3 Å². The lowest BCUT2D eigenvalue weighted by molar-refractivity contribution is -0.130. The van der Waals surface area contributed by atoms with Gasteiger partial charge in [0.05, 0.1) is 17.8 Å². The molecule has 2 saturated heterocycles. The van der Waals surface area contributed by atoms with Crippen LogP contribution in [0.15, 0.2) is 72.8 Å². The van der Waals surface area contributed by atoms with Gasteiger partial charge >= 0.3 is 0 Å². The smallest absolute Gasteiger partial charge is 0.255 e. The molecular weight excluding hydrogens is 497 g/mol. The van der Waals surface area contributed by atoms with Crippen LogP contribution < -0.4 is 15.5 Å². The summed E-state index contributed by atoms with van der Waals surface area (Å²) in [5, 5.41) is 6.19. The van der Waals surface area contributed by atoms with Crippen molar-refractivity contribution in [2.24, 2.45) is 0 Å². The van der Waals surface area contributed by atoms with E-state index < -0.39 is 5.82 Å². The molecule has 3 amide bonds. The summed E-state index contributed by atoms with van der Waals surface area (Å²) >= 11 is 0. The van der Waals surface area contributed by atoms with Crippen LogP contribution in [-0.4, -0.2) is 79.9 Å². The number of piperazine rings is 2. The number of amides is 3. The molecule has 0 spiro atoms. The van der Waals surface area contributed by atoms with E-state index in [0.29, 0.717) is 62.5 Å². The minimum absolute atomic E-state index is 0.0858. The molecule has 3 aromatic rings. The van der Waals surface area contributed by atoms with Crippen LogP contribution in [0.4, 0.5) is 15.8 Å². The number of halogens is 1. The van der Waals surface area contributed by atoms with E-state index in [-0.39, 0.29) is 17.7 Å². The molecule has 0 bridgehead atoms. The van der Waals surface area contributed by atoms with Crippen molar-refractivity contribution in [3.8, 4) is 0 Å². The molecule has 2 heterocycles. The maximum atomic E-state index is 13.4. The first-order valence-electron chi connectivity index (χ1n) is 13.3. The van der Waals surface area contributed by atoms with Crippen LogP contribution in [0, 0.1) is 5.82 Å². The number of rotatable bonds is 6. The van der Waals surface area contributed by atoms with Gasteiger partial charge in [-0.25, -0.2) is 4.39 Å². The fourth-order valence-corrected chi connectivity index (χ4v) is 4.97. The Bertz CT molecular complexity index is 1320. The summed E-state index contributed by atoms with van der Waals surface area (Å²) in [5.74, 6) is -0.811. The first kappa shape index (κ1) is 26.4. The average molecular weight is 530 g/mol. The number of nitrogens with zero attached hydrogens (tertiary/aromatic N) is 3. The summed E-state index contributed by atoms with van der Waals surface area (Å²) in [6.07, 6.45) is 0.364. The van der Waals surface area contributed by atoms with E-state index in [4.69, 9.17) is 0 Å². The lowest BCUT2D eigenvalue weighted by Gasteiger charge is -2.37. The van der Waals surface area contributed by atoms with Gasteiger partial charge in [0.25, 0.3) is 11.8 Å². The third-order valence-corrected chi connectivity index (χ3v) is 7.17. The maximum absolute atomic E-state index is 13.4. The molecule has 2 aliphatic rings. The normalized spacial score (nSPS) is 15.7. The first-order chi connectivity index (χ1) is 19.0. The minimum Gasteiger partial charge on any atom is -0.366 e. The number of anilines is 2. The second kappa shape index (κ2) is 12.1. The van der Waals surface area contributed by atoms with Gasteiger partial charge in [-0.15, -0.1) is 0 Å². The Balaban J connectivity index is 1.33. The van der Waals surface area contributed by atoms with E-state index in [1.54, 1.807) is 17.0 Å². The third-order valence-electron chi connectivity index (χ3n) is 7.17. The zero-order valence-corrected chi connectivity index (χ0v) is 21.7. The lowest BCUT2D eigenvalue weighted by Crippen LogP contribution is -2.49. The van der Waals surface area contributed by atoms with Gasteiger partial charge in [0.1, 0.15) is 5.82 Å². The number of hydrogen-bond acceptors (Lipinski definition) is 5. The maximum Gasteiger partial charge on any atom is 0.255 e. The Labute approximate surface area is 227 Å². The summed E-state index contributed by atoms with van der Waals surface area (Å²) in [5.41, 5.74) is 3.08. The number of nitrogens with one attached hydrogen (secondary N) is 2. The van der Waals surface area contributed by atoms with Crippen molar-refractivity contribution in [3.63, 3.8) is 0 Å². The van der Waals surface area contributed by atoms with Crippen molar-refractivity contribution in [2.45, 2.75) is 6.42 Å². The first-order valence-corrected chi connectivity index (χ1v) is 13.3. The number of benzene rings is 3. The Hall–Kier alpha value is -4.24. The van der Waals surface area contributed by atoms with Crippen molar-refractivity contribution >= 4 is 29.1 Å². The highest BCUT2D eigenvalue weighted by Crippen LogP contribution is 2.30. The second-order valence-electron chi connectivity index (χ2n) is 9.77. The Kier molecular flexibility index (Phi) is 8.17. The zero-order valence-electron chi connectivity index (χ0n) is 21.7. The van der Waals surface area contributed by atoms with Crippen LogP contribution >= 0.6 is 0 Å². The molecule has 2 aliphatic heterocycles. The van der Waals surface area contributed by atoms with Crippen molar-refractivity contribution in [3.05, 3.63) is 95.3 Å². The molecule has 8 nitrogen and oxygen atoms in total. The molecule has 0 aromatic heterocycles. The predicted molar refractivity (Wildman–Crippen MR) is 149 cm³/mol. The van der Waals surface area contributed by atoms with Crippen LogP contribution in [0.25, 0.3) is 0 Å². The fourth-order valence-electron chi connectivity index (χ4n) is 4.97. The predicted octanol–water partition coefficient (Wildman–Crippen LogP) is 3.01. The standard InChI is InChI=1S/C30H32FN5O3/c31-25-9-6-23(7-10-25)29(38)33-26-21-24(30(39)36-14-12-32-13-15-36)8-11-27(26)34-16-18-35(19-17-34)28(37)20-22-4-2-1-3-5-22/h1-11,21,32H,12-20H2,(H,33,38). The summed E-state index contributed by atoms with van der Waals surface area (Å²) in [4.78, 5) is 44.9. The van der Waals surface area contributed by atoms with Gasteiger partial charge in [0.2, 0.25) is 5.91 Å². The van der Waals surface area contributed by atoms with E-state index >= 15 is 0 Å². The molecular formula is C30H32FN5O3. The van der Waals surface area contributed by atoms with Gasteiger partial charge in [0.15, 0.2) is 0 Å². The molecule has 0 saturated carbocycles. The molecule has 0 aliphatic carbocycles. The van der Waals surface area contributed by atoms with Crippen LogP contribution in [0.2, 0.25) is 0 Å². The van der Waals surface area contributed by atoms with Crippen molar-refractivity contribution < 1.29 is 18.8 Å². The van der Waals surface area contributed by atoms with E-state index in [9.17, 15) is 18.8 Å². The fraction of sp³-hybridized carbons (Fsp3) is 0.300. The van der Waals surface area contributed by atoms with Crippen LogP contribution in [-0.2, 0) is 11.2 Å². The largest absolute Gasteiger partial charge is 0.366 e. The highest BCUT2D eigenvalue weighted by atomic mass is 19.1. The van der Waals surface area contributed by atoms with Crippen molar-refractivity contribution in [2.75, 3.05) is 62.6 Å². The van der Waals surface area contributed by atoms with Gasteiger partial charge in [-0.3, -0.25) is 14.4 Å². The third kappa shape index (κ3) is 6.43. The Morgan fingerprint density at radius 3 is 2.13 bits per heavy atom. The highest BCUT2D eigenvalue weighted by molar-refractivity contribution is 6.07. The van der Waals surface area contributed by atoms with Gasteiger partial charge in [-0.1, -0.05) is 30.3 Å². The SMILES string of the molecule is O=C(Nc1cc(C(=O)N2CCNCC2)ccc1N1CCN(C(=O)Cc2ccccc2)CC1)c1ccc(F)cc1. The number of hydrogen-bond donors (Lipinski definition) is 2. The molecule has 202 valence electrons. The van der Waals surface area contributed by atoms with Gasteiger partial charge < -0.3 is 25.3 Å². The zero-order chi connectivity index (χ0) is 27.2. The van der Waals surface area contributed by atoms with Crippen LogP contribution in [0.5, 0.6) is 0 Å². The van der Waals surface area contributed by atoms with Gasteiger partial charge in [-0.2, -0.15) is 0 Å². The number of carbonyl (C=O) groups is 3. The van der Waals surface area contributed by atoms with Crippen molar-refractivity contribution in [1.82, 2.24) is 15.1 Å². The molecule has 2 fully saturated rings. The summed E-state index contributed by atoms with van der Waals surface area (Å²) in [6.45, 7) is 5.01. The van der Waals surface area contributed by atoms with Crippen LogP contribution in [0.1, 0.15) is 26.3 Å². The Morgan fingerprint density at radius 1 is 0.769 bits per heavy atom. The Morgan fingerprint density at radius 2 is 1.44 bits per heavy atom. The molecule has 2 N–H and O–H groups in total. The second-order valence-corrected chi connectivity index (χ2v) is 9.77. The molecule has 9 heteroatoms. The summed E-state index contributed by atoms with van der Waals surface area (Å²) in [7, 11) is 0. The van der Waals surface area contributed by atoms with E-state index in [1.807, 2.05) is 41.3 Å². The highest BCUT2D eigenvalue weighted by Gasteiger charge is 2.25. The molecule has 39 heavy (non-hydrogen) atoms. The minimum atomic E-state index is -0.421. The molecule has 0 radical (unpaired) electrons. The summed E-state index contributed by atoms with van der Waals surface area (Å²) < 4.78 is 13.4. The van der Waals surface area contributed by atoms with Gasteiger partial charge in [0, 0.05) is 63.5 Å². The molecule has 0 unspecified atom stereocenters. The molecule has 5 rings (SSSR count). The topological polar surface area (TPSA) is 85.0 Å². The summed E-state index contributed by atoms with van der Waals surface area (Å²) in [6, 6.07) is 20.4. The van der Waals surface area contributed by atoms with E-state index in [2.05, 4.69) is 15.5 Å². The van der Waals surface area contributed by atoms with Crippen molar-refractivity contribution in [1.29, 1.82) is 0 Å². The van der Waals surface area contributed by atoms with Crippen LogP contribution in [0.3, 0.4) is 0 Å². The average Bonchev–Trinajstić information content (AvgIpc) is 2.98. The van der Waals surface area contributed by atoms with Gasteiger partial charge in [-0.05, 0) is 48.0 Å². The monoisotopic (exact) mass is 529 g/mol. The lowest BCUT2D eigenvalue weighted by atomic mass is 10.1. The molecule has 3 aromatic carbocycles. The molecule has 0 atom stereocenters. The number of carbonyl (C=O) groups excluding carboxylic acids is 3. The quantitative estimate of drug-likeness (QED) is 0.513. The van der Waals surface area contributed by atoms with E-state index in [1.165, 1.54) is 24.3 Å².